The van der Waals surface area contributed by atoms with Crippen LogP contribution >= 0.6 is 0 Å². The minimum atomic E-state index is -4.91. The van der Waals surface area contributed by atoms with Gasteiger partial charge < -0.3 is 45.5 Å². The number of hydrogen-bond acceptors (Lipinski definition) is 12. The molecule has 4 aromatic carbocycles. The first-order valence-corrected chi connectivity index (χ1v) is 19.9. The van der Waals surface area contributed by atoms with Gasteiger partial charge in [-0.1, -0.05) is 48.5 Å². The van der Waals surface area contributed by atoms with Gasteiger partial charge in [-0.15, -0.1) is 26.3 Å². The van der Waals surface area contributed by atoms with Crippen LogP contribution in [0.25, 0.3) is 22.3 Å². The molecule has 0 saturated carbocycles. The Morgan fingerprint density at radius 2 is 1.27 bits per heavy atom. The first-order valence-electron chi connectivity index (χ1n) is 19.9. The van der Waals surface area contributed by atoms with Crippen LogP contribution in [0.4, 0.5) is 37.7 Å². The van der Waals surface area contributed by atoms with Crippen LogP contribution < -0.4 is 30.6 Å². The Kier molecular flexibility index (Phi) is 14.3. The Hall–Kier alpha value is -7.56. The summed E-state index contributed by atoms with van der Waals surface area (Å²) in [5.74, 6) is -1.25. The molecule has 7 N–H and O–H groups in total. The number of alkyl halides is 6. The molecule has 7 rings (SSSR count). The first-order chi connectivity index (χ1) is 31.1. The fourth-order valence-corrected chi connectivity index (χ4v) is 6.73. The molecule has 66 heavy (non-hydrogen) atoms. The van der Waals surface area contributed by atoms with E-state index in [0.717, 1.165) is 11.1 Å². The molecule has 6 aromatic rings. The van der Waals surface area contributed by atoms with Crippen LogP contribution in [0, 0.1) is 30.6 Å². The predicted molar refractivity (Wildman–Crippen MR) is 233 cm³/mol. The average molecular weight is 916 g/mol. The molecule has 0 amide bonds. The van der Waals surface area contributed by atoms with Gasteiger partial charge in [0.2, 0.25) is 5.79 Å². The van der Waals surface area contributed by atoms with E-state index in [0.29, 0.717) is 62.7 Å². The monoisotopic (exact) mass is 915 g/mol. The Morgan fingerprint density at radius 1 is 0.788 bits per heavy atom. The van der Waals surface area contributed by atoms with Crippen LogP contribution in [0.2, 0.25) is 0 Å². The first kappa shape index (κ1) is 47.9. The zero-order valence-corrected chi connectivity index (χ0v) is 35.8. The highest BCUT2D eigenvalue weighted by Gasteiger charge is 2.34. The minimum absolute atomic E-state index is 0.00238. The van der Waals surface area contributed by atoms with E-state index >= 15 is 0 Å². The number of nitriles is 1. The number of nitrogens with two attached hydrogens (primary N) is 1. The number of pyridine rings is 2. The molecule has 19 heteroatoms. The number of halogens is 6. The van der Waals surface area contributed by atoms with Crippen molar-refractivity contribution in [1.82, 2.24) is 9.97 Å². The molecule has 0 radical (unpaired) electrons. The third kappa shape index (κ3) is 12.2. The van der Waals surface area contributed by atoms with E-state index in [1.54, 1.807) is 87.6 Å². The van der Waals surface area contributed by atoms with Gasteiger partial charge in [-0.2, -0.15) is 5.26 Å². The van der Waals surface area contributed by atoms with E-state index in [-0.39, 0.29) is 47.4 Å². The van der Waals surface area contributed by atoms with Gasteiger partial charge >= 0.3 is 12.7 Å². The summed E-state index contributed by atoms with van der Waals surface area (Å²) in [6.45, 7) is 7.04. The molecule has 2 aromatic heterocycles. The maximum Gasteiger partial charge on any atom is 0.573 e. The van der Waals surface area contributed by atoms with Crippen molar-refractivity contribution in [2.75, 3.05) is 10.6 Å². The zero-order chi connectivity index (χ0) is 48.0. The molecule has 3 heterocycles. The standard InChI is InChI=1S/C25H22F3N3O3.C22H21F3N4O3/c1-15-23-20(14-32-24(2,3)34-23)19(12-30-15)13-31-21-9-8-18(10-22(21)33-25(26,27)28)17-6-4-16(11-29)5-7-17;1-12-20(31)17(11-30)16(9-28-12)10-29-18-7-6-15(8-19(18)32-22(23,24)25)13-2-4-14(5-3-13)21(26)27/h4-10,12,31H,13-14H2,1-3H3;2-9,29-31H,10-11H2,1H3,(H3,26,27). The molecule has 0 saturated heterocycles. The van der Waals surface area contributed by atoms with Gasteiger partial charge in [-0.25, -0.2) is 0 Å². The second-order valence-electron chi connectivity index (χ2n) is 15.2. The largest absolute Gasteiger partial charge is 0.573 e. The van der Waals surface area contributed by atoms with Crippen molar-refractivity contribution in [2.45, 2.75) is 72.5 Å². The molecule has 0 atom stereocenters. The van der Waals surface area contributed by atoms with Crippen LogP contribution in [0.5, 0.6) is 23.0 Å². The molecule has 13 nitrogen and oxygen atoms in total. The summed E-state index contributed by atoms with van der Waals surface area (Å²) in [5.41, 5.74) is 12.1. The van der Waals surface area contributed by atoms with Gasteiger partial charge in [0, 0.05) is 56.0 Å². The van der Waals surface area contributed by atoms with Crippen LogP contribution in [-0.2, 0) is 31.0 Å². The number of anilines is 2. The van der Waals surface area contributed by atoms with Crippen molar-refractivity contribution in [3.63, 3.8) is 0 Å². The van der Waals surface area contributed by atoms with E-state index in [1.165, 1.54) is 30.5 Å². The van der Waals surface area contributed by atoms with Crippen molar-refractivity contribution >= 4 is 17.2 Å². The number of aromatic nitrogens is 2. The highest BCUT2D eigenvalue weighted by molar-refractivity contribution is 5.95. The highest BCUT2D eigenvalue weighted by atomic mass is 19.4. The van der Waals surface area contributed by atoms with E-state index in [9.17, 15) is 36.6 Å². The second-order valence-corrected chi connectivity index (χ2v) is 15.2. The van der Waals surface area contributed by atoms with E-state index in [2.05, 4.69) is 30.1 Å². The van der Waals surface area contributed by atoms with Gasteiger partial charge in [-0.3, -0.25) is 15.4 Å². The topological polar surface area (TPSA) is 201 Å². The van der Waals surface area contributed by atoms with Crippen LogP contribution in [0.3, 0.4) is 0 Å². The van der Waals surface area contributed by atoms with Gasteiger partial charge in [0.25, 0.3) is 0 Å². The maximum atomic E-state index is 13.1. The summed E-state index contributed by atoms with van der Waals surface area (Å²) in [6.07, 6.45) is -6.69. The number of amidine groups is 1. The molecule has 1 aliphatic rings. The Bertz CT molecular complexity index is 2760. The lowest BCUT2D eigenvalue weighted by Gasteiger charge is -2.34. The fourth-order valence-electron chi connectivity index (χ4n) is 6.73. The van der Waals surface area contributed by atoms with Gasteiger partial charge in [-0.05, 0) is 83.6 Å². The number of aryl methyl sites for hydroxylation is 2. The summed E-state index contributed by atoms with van der Waals surface area (Å²) in [6, 6.07) is 23.9. The Balaban J connectivity index is 0.000000219. The fraction of sp³-hybridized carbons (Fsp3) is 0.234. The zero-order valence-electron chi connectivity index (χ0n) is 35.8. The van der Waals surface area contributed by atoms with E-state index < -0.39 is 30.9 Å². The number of nitrogen functional groups attached to an aromatic ring is 1. The molecule has 0 aliphatic carbocycles. The number of hydrogen-bond donors (Lipinski definition) is 6. The van der Waals surface area contributed by atoms with Crippen molar-refractivity contribution in [3.05, 3.63) is 142 Å². The van der Waals surface area contributed by atoms with Crippen molar-refractivity contribution in [3.8, 4) is 51.3 Å². The number of aliphatic hydroxyl groups excluding tert-OH is 1. The molecule has 344 valence electrons. The Morgan fingerprint density at radius 3 is 1.77 bits per heavy atom. The lowest BCUT2D eigenvalue weighted by atomic mass is 10.0. The molecule has 1 aliphatic heterocycles. The van der Waals surface area contributed by atoms with Gasteiger partial charge in [0.15, 0.2) is 11.5 Å². The third-order valence-corrected chi connectivity index (χ3v) is 10.1. The summed E-state index contributed by atoms with van der Waals surface area (Å²) in [5, 5.41) is 41.8. The molecular formula is C47H43F6N7O6. The lowest BCUT2D eigenvalue weighted by molar-refractivity contribution is -0.275. The van der Waals surface area contributed by atoms with E-state index in [1.807, 2.05) is 13.0 Å². The van der Waals surface area contributed by atoms with Gasteiger partial charge in [0.1, 0.15) is 17.3 Å². The summed E-state index contributed by atoms with van der Waals surface area (Å²) >= 11 is 0. The predicted octanol–water partition coefficient (Wildman–Crippen LogP) is 10.1. The molecule has 0 spiro atoms. The Labute approximate surface area is 374 Å². The molecule has 0 fully saturated rings. The average Bonchev–Trinajstić information content (AvgIpc) is 3.26. The number of nitrogens with zero attached hydrogens (tertiary/aromatic N) is 3. The van der Waals surface area contributed by atoms with Crippen LogP contribution in [0.15, 0.2) is 97.3 Å². The van der Waals surface area contributed by atoms with Crippen LogP contribution in [-0.4, -0.2) is 44.5 Å². The van der Waals surface area contributed by atoms with Crippen molar-refractivity contribution < 1.29 is 55.5 Å². The lowest BCUT2D eigenvalue weighted by Crippen LogP contribution is -2.36. The number of nitrogens with one attached hydrogen (secondary N) is 3. The number of aromatic hydroxyl groups is 1. The normalized spacial score (nSPS) is 12.9. The summed E-state index contributed by atoms with van der Waals surface area (Å²) in [4.78, 5) is 8.38. The number of ether oxygens (including phenoxy) is 4. The second kappa shape index (κ2) is 19.7. The SMILES string of the molecule is Cc1ncc(CNc2ccc(-c3ccc(C#N)cc3)cc2OC(F)(F)F)c2c1OC(C)(C)OC2.Cc1ncc(CNc2ccc(-c3ccc(C(=N)N)cc3)cc2OC(F)(F)F)c(CO)c1O. The summed E-state index contributed by atoms with van der Waals surface area (Å²) in [7, 11) is 0. The maximum absolute atomic E-state index is 13.1. The quantitative estimate of drug-likeness (QED) is 0.0386. The number of rotatable bonds is 12. The van der Waals surface area contributed by atoms with Gasteiger partial charge in [0.05, 0.1) is 47.6 Å². The number of aliphatic hydroxyl groups is 1. The van der Waals surface area contributed by atoms with E-state index in [4.69, 9.17) is 25.9 Å². The number of fused-ring (bicyclic) bond motifs is 1. The number of benzene rings is 4. The summed E-state index contributed by atoms with van der Waals surface area (Å²) < 4.78 is 98.6. The third-order valence-electron chi connectivity index (χ3n) is 10.1. The molecular weight excluding hydrogens is 873 g/mol. The smallest absolute Gasteiger partial charge is 0.506 e. The van der Waals surface area contributed by atoms with Crippen LogP contribution in [0.1, 0.15) is 58.6 Å². The highest BCUT2D eigenvalue weighted by Crippen LogP contribution is 2.39. The minimum Gasteiger partial charge on any atom is -0.506 e. The molecule has 0 unspecified atom stereocenters. The molecule has 0 bridgehead atoms. The van der Waals surface area contributed by atoms with Crippen molar-refractivity contribution in [1.29, 1.82) is 10.7 Å². The van der Waals surface area contributed by atoms with Crippen molar-refractivity contribution in [2.24, 2.45) is 5.73 Å².